The Balaban J connectivity index is 0. The molecular weight excluding hydrogens is 133 g/mol. The van der Waals surface area contributed by atoms with E-state index in [0.29, 0.717) is 6.54 Å². The van der Waals surface area contributed by atoms with Crippen molar-refractivity contribution in [3.05, 3.63) is 0 Å². The second-order valence-corrected chi connectivity index (χ2v) is 1.28. The molecule has 48 valence electrons. The van der Waals surface area contributed by atoms with Crippen LogP contribution in [0.4, 0.5) is 0 Å². The van der Waals surface area contributed by atoms with Gasteiger partial charge in [-0.1, -0.05) is 6.92 Å². The van der Waals surface area contributed by atoms with E-state index in [1.54, 1.807) is 6.92 Å². The number of aliphatic hydroxyl groups is 1. The number of aliphatic hydroxyl groups excluding tert-OH is 1. The molecule has 0 amide bonds. The standard InChI is InChI=1S/C4H9NO3.Na/c1-2-5-3(6)4(7)8;/h3,5-6H,2H2,1H3,(H,7,8);/q;+1/p-1. The number of aliphatic carboxylic acids is 1. The van der Waals surface area contributed by atoms with E-state index in [-0.39, 0.29) is 29.6 Å². The van der Waals surface area contributed by atoms with Crippen molar-refractivity contribution in [3.8, 4) is 0 Å². The number of carbonyl (C=O) groups excluding carboxylic acids is 1. The second-order valence-electron chi connectivity index (χ2n) is 1.28. The van der Waals surface area contributed by atoms with Crippen LogP contribution in [0.15, 0.2) is 0 Å². The fourth-order valence-electron chi connectivity index (χ4n) is 0.277. The van der Waals surface area contributed by atoms with Crippen molar-refractivity contribution >= 4 is 5.97 Å². The van der Waals surface area contributed by atoms with Crippen molar-refractivity contribution in [1.29, 1.82) is 0 Å². The van der Waals surface area contributed by atoms with Crippen LogP contribution in [0.5, 0.6) is 0 Å². The SMILES string of the molecule is CCNC(O)C(=O)[O-].[Na+]. The predicted molar refractivity (Wildman–Crippen MR) is 24.7 cm³/mol. The largest absolute Gasteiger partial charge is 1.00 e. The van der Waals surface area contributed by atoms with Crippen molar-refractivity contribution in [2.45, 2.75) is 13.2 Å². The van der Waals surface area contributed by atoms with Crippen molar-refractivity contribution in [3.63, 3.8) is 0 Å². The first-order valence-electron chi connectivity index (χ1n) is 2.30. The summed E-state index contributed by atoms with van der Waals surface area (Å²) in [5, 5.41) is 20.3. The van der Waals surface area contributed by atoms with Gasteiger partial charge in [-0.05, 0) is 6.54 Å². The molecule has 0 aromatic rings. The molecule has 0 saturated heterocycles. The summed E-state index contributed by atoms with van der Waals surface area (Å²) < 4.78 is 0. The summed E-state index contributed by atoms with van der Waals surface area (Å²) in [6.07, 6.45) is -1.53. The summed E-state index contributed by atoms with van der Waals surface area (Å²) in [4.78, 5) is 9.67. The molecule has 0 rings (SSSR count). The molecule has 0 heterocycles. The van der Waals surface area contributed by atoms with E-state index in [2.05, 4.69) is 5.32 Å². The molecule has 0 saturated carbocycles. The Labute approximate surface area is 75.5 Å². The molecule has 0 bridgehead atoms. The molecule has 1 atom stereocenters. The van der Waals surface area contributed by atoms with Crippen LogP contribution < -0.4 is 40.0 Å². The summed E-state index contributed by atoms with van der Waals surface area (Å²) in [5.74, 6) is -1.49. The Bertz CT molecular complexity index is 87.9. The van der Waals surface area contributed by atoms with Gasteiger partial charge in [0.2, 0.25) is 0 Å². The summed E-state index contributed by atoms with van der Waals surface area (Å²) in [6, 6.07) is 0. The molecule has 0 radical (unpaired) electrons. The topological polar surface area (TPSA) is 72.4 Å². The molecule has 4 nitrogen and oxygen atoms in total. The Morgan fingerprint density at radius 1 is 1.89 bits per heavy atom. The van der Waals surface area contributed by atoms with Crippen molar-refractivity contribution < 1.29 is 44.6 Å². The first-order valence-corrected chi connectivity index (χ1v) is 2.30. The van der Waals surface area contributed by atoms with Gasteiger partial charge in [-0.2, -0.15) is 0 Å². The smallest absolute Gasteiger partial charge is 0.546 e. The van der Waals surface area contributed by atoms with Crippen LogP contribution in [-0.2, 0) is 4.79 Å². The number of nitrogens with one attached hydrogen (secondary N) is 1. The molecule has 0 fully saturated rings. The Morgan fingerprint density at radius 3 is 2.44 bits per heavy atom. The fraction of sp³-hybridized carbons (Fsp3) is 0.750. The van der Waals surface area contributed by atoms with E-state index in [1.165, 1.54) is 0 Å². The van der Waals surface area contributed by atoms with E-state index in [4.69, 9.17) is 5.11 Å². The van der Waals surface area contributed by atoms with Crippen LogP contribution in [0.1, 0.15) is 6.92 Å². The minimum absolute atomic E-state index is 0. The zero-order chi connectivity index (χ0) is 6.57. The van der Waals surface area contributed by atoms with E-state index in [1.807, 2.05) is 0 Å². The van der Waals surface area contributed by atoms with Gasteiger partial charge in [0.05, 0.1) is 5.97 Å². The molecule has 9 heavy (non-hydrogen) atoms. The van der Waals surface area contributed by atoms with Crippen molar-refractivity contribution in [2.75, 3.05) is 6.54 Å². The molecule has 0 spiro atoms. The number of carboxylic acids is 1. The molecule has 0 aliphatic heterocycles. The Hall–Kier alpha value is 0.390. The first-order chi connectivity index (χ1) is 3.68. The van der Waals surface area contributed by atoms with Gasteiger partial charge in [-0.25, -0.2) is 0 Å². The van der Waals surface area contributed by atoms with Crippen LogP contribution in [0.2, 0.25) is 0 Å². The average Bonchev–Trinajstić information content (AvgIpc) is 1.67. The van der Waals surface area contributed by atoms with E-state index in [0.717, 1.165) is 0 Å². The quantitative estimate of drug-likeness (QED) is 0.304. The maximum absolute atomic E-state index is 9.67. The van der Waals surface area contributed by atoms with Crippen LogP contribution in [0.3, 0.4) is 0 Å². The number of hydrogen-bond donors (Lipinski definition) is 2. The van der Waals surface area contributed by atoms with Gasteiger partial charge in [0.1, 0.15) is 6.23 Å². The number of carboxylic acid groups (broad SMARTS) is 1. The van der Waals surface area contributed by atoms with Crippen LogP contribution in [0, 0.1) is 0 Å². The molecule has 0 aromatic heterocycles. The monoisotopic (exact) mass is 141 g/mol. The van der Waals surface area contributed by atoms with Crippen LogP contribution in [-0.4, -0.2) is 23.8 Å². The van der Waals surface area contributed by atoms with Gasteiger partial charge >= 0.3 is 29.6 Å². The number of carbonyl (C=O) groups is 1. The van der Waals surface area contributed by atoms with Crippen molar-refractivity contribution in [2.24, 2.45) is 0 Å². The predicted octanol–water partition coefficient (Wildman–Crippen LogP) is -5.33. The summed E-state index contributed by atoms with van der Waals surface area (Å²) in [7, 11) is 0. The minimum Gasteiger partial charge on any atom is -0.546 e. The van der Waals surface area contributed by atoms with Gasteiger partial charge in [0, 0.05) is 0 Å². The molecule has 0 aromatic carbocycles. The molecule has 5 heteroatoms. The number of rotatable bonds is 3. The summed E-state index contributed by atoms with van der Waals surface area (Å²) in [6.45, 7) is 2.10. The van der Waals surface area contributed by atoms with Gasteiger partial charge in [0.15, 0.2) is 0 Å². The maximum Gasteiger partial charge on any atom is 1.00 e. The van der Waals surface area contributed by atoms with Gasteiger partial charge in [0.25, 0.3) is 0 Å². The molecule has 2 N–H and O–H groups in total. The Kier molecular flexibility index (Phi) is 8.75. The van der Waals surface area contributed by atoms with E-state index < -0.39 is 12.2 Å². The fourth-order valence-corrected chi connectivity index (χ4v) is 0.277. The second kappa shape index (κ2) is 6.51. The Morgan fingerprint density at radius 2 is 2.33 bits per heavy atom. The van der Waals surface area contributed by atoms with Crippen LogP contribution in [0.25, 0.3) is 0 Å². The zero-order valence-corrected chi connectivity index (χ0v) is 7.55. The maximum atomic E-state index is 9.67. The minimum atomic E-state index is -1.53. The molecule has 0 aliphatic carbocycles. The molecular formula is C4H8NNaO3. The normalized spacial score (nSPS) is 11.8. The third-order valence-electron chi connectivity index (χ3n) is 0.621. The van der Waals surface area contributed by atoms with Crippen molar-refractivity contribution in [1.82, 2.24) is 5.32 Å². The average molecular weight is 141 g/mol. The third-order valence-corrected chi connectivity index (χ3v) is 0.621. The van der Waals surface area contributed by atoms with Gasteiger partial charge in [-0.15, -0.1) is 0 Å². The number of likely N-dealkylation sites (N-methyl/N-ethyl adjacent to an activating group) is 1. The number of hydrogen-bond acceptors (Lipinski definition) is 4. The van der Waals surface area contributed by atoms with E-state index >= 15 is 0 Å². The third kappa shape index (κ3) is 6.27. The zero-order valence-electron chi connectivity index (χ0n) is 5.55. The first kappa shape index (κ1) is 12.1. The van der Waals surface area contributed by atoms with Gasteiger partial charge in [-0.3, -0.25) is 5.32 Å². The summed E-state index contributed by atoms with van der Waals surface area (Å²) >= 11 is 0. The van der Waals surface area contributed by atoms with E-state index in [9.17, 15) is 9.90 Å². The van der Waals surface area contributed by atoms with Crippen LogP contribution >= 0.6 is 0 Å². The molecule has 1 unspecified atom stereocenters. The summed E-state index contributed by atoms with van der Waals surface area (Å²) in [5.41, 5.74) is 0. The van der Waals surface area contributed by atoms with Gasteiger partial charge < -0.3 is 15.0 Å². The molecule has 0 aliphatic rings.